The molecule has 2 heterocycles. The molecule has 204 valence electrons. The molecule has 2 aromatic rings. The van der Waals surface area contributed by atoms with Gasteiger partial charge in [-0.05, 0) is 50.9 Å². The topological polar surface area (TPSA) is 44.6 Å². The molecule has 2 fully saturated rings. The van der Waals surface area contributed by atoms with Gasteiger partial charge in [0.05, 0.1) is 17.9 Å². The summed E-state index contributed by atoms with van der Waals surface area (Å²) >= 11 is 0. The molecule has 1 saturated carbocycles. The van der Waals surface area contributed by atoms with Crippen LogP contribution >= 0.6 is 0 Å². The highest BCUT2D eigenvalue weighted by Gasteiger charge is 2.35. The molecule has 2 aliphatic rings. The van der Waals surface area contributed by atoms with Crippen LogP contribution in [0.2, 0.25) is 0 Å². The number of hydrogen-bond acceptors (Lipinski definition) is 4. The molecule has 0 radical (unpaired) electrons. The predicted molar refractivity (Wildman–Crippen MR) is 149 cm³/mol. The molecule has 6 nitrogen and oxygen atoms in total. The predicted octanol–water partition coefficient (Wildman–Crippen LogP) is 6.09. The van der Waals surface area contributed by atoms with Gasteiger partial charge in [0, 0.05) is 44.2 Å². The molecule has 0 atom stereocenters. The summed E-state index contributed by atoms with van der Waals surface area (Å²) in [6, 6.07) is 7.01. The monoisotopic (exact) mass is 511 g/mol. The zero-order valence-electron chi connectivity index (χ0n) is 23.2. The lowest BCUT2D eigenvalue weighted by Crippen LogP contribution is -2.47. The quantitative estimate of drug-likeness (QED) is 0.288. The minimum absolute atomic E-state index is 0.265. The van der Waals surface area contributed by atoms with Gasteiger partial charge in [-0.25, -0.2) is 9.07 Å². The van der Waals surface area contributed by atoms with Crippen molar-refractivity contribution in [2.24, 2.45) is 0 Å². The van der Waals surface area contributed by atoms with Crippen LogP contribution < -0.4 is 4.90 Å². The number of benzene rings is 1. The fraction of sp³-hybridized carbons (Fsp3) is 0.667. The van der Waals surface area contributed by atoms with Crippen LogP contribution in [-0.4, -0.2) is 64.3 Å². The number of amides is 1. The minimum Gasteiger partial charge on any atom is -0.354 e. The fourth-order valence-corrected chi connectivity index (χ4v) is 5.48. The van der Waals surface area contributed by atoms with E-state index in [-0.39, 0.29) is 11.7 Å². The number of rotatable bonds is 14. The Morgan fingerprint density at radius 3 is 2.38 bits per heavy atom. The van der Waals surface area contributed by atoms with Crippen LogP contribution in [0.15, 0.2) is 24.3 Å². The van der Waals surface area contributed by atoms with Crippen molar-refractivity contribution in [3.05, 3.63) is 41.3 Å². The molecule has 0 spiro atoms. The van der Waals surface area contributed by atoms with Crippen LogP contribution in [-0.2, 0) is 11.3 Å². The molecule has 1 saturated heterocycles. The third-order valence-corrected chi connectivity index (χ3v) is 7.96. The van der Waals surface area contributed by atoms with E-state index in [2.05, 4.69) is 28.5 Å². The van der Waals surface area contributed by atoms with Gasteiger partial charge >= 0.3 is 0 Å². The number of aryl methyl sites for hydroxylation is 1. The van der Waals surface area contributed by atoms with E-state index in [0.717, 1.165) is 81.2 Å². The molecule has 0 N–H and O–H groups in total. The molecule has 1 aliphatic heterocycles. The first kappa shape index (κ1) is 27.6. The number of piperazine rings is 1. The Balaban J connectivity index is 1.52. The zero-order valence-corrected chi connectivity index (χ0v) is 23.2. The van der Waals surface area contributed by atoms with E-state index in [1.165, 1.54) is 38.2 Å². The third-order valence-electron chi connectivity index (χ3n) is 7.96. The lowest BCUT2D eigenvalue weighted by molar-refractivity contribution is -0.132. The Morgan fingerprint density at radius 2 is 1.73 bits per heavy atom. The molecule has 4 rings (SSSR count). The maximum absolute atomic E-state index is 14.2. The van der Waals surface area contributed by atoms with E-state index in [4.69, 9.17) is 5.10 Å². The highest BCUT2D eigenvalue weighted by atomic mass is 19.1. The molecular weight excluding hydrogens is 465 g/mol. The summed E-state index contributed by atoms with van der Waals surface area (Å²) in [6.07, 6.45) is 11.3. The highest BCUT2D eigenvalue weighted by Crippen LogP contribution is 2.34. The molecule has 7 heteroatoms. The number of unbranched alkanes of at least 4 members (excludes halogenated alkanes) is 6. The standard InChI is InChI=1S/C30H46FN5O/c1-4-6-7-8-9-10-11-15-29(37)35(26-16-17-26)23-28-24(3)32-36(27-14-12-13-25(31)22-27)30(28)34-20-18-33(5-2)19-21-34/h12-14,22,26H,4-11,15-21,23H2,1-3H3. The van der Waals surface area contributed by atoms with E-state index in [1.54, 1.807) is 12.1 Å². The Morgan fingerprint density at radius 1 is 1.03 bits per heavy atom. The summed E-state index contributed by atoms with van der Waals surface area (Å²) in [5, 5.41) is 4.90. The molecule has 1 aromatic heterocycles. The summed E-state index contributed by atoms with van der Waals surface area (Å²) in [7, 11) is 0. The van der Waals surface area contributed by atoms with Crippen molar-refractivity contribution in [1.29, 1.82) is 0 Å². The molecule has 1 amide bonds. The van der Waals surface area contributed by atoms with Crippen molar-refractivity contribution >= 4 is 11.7 Å². The Bertz CT molecular complexity index is 1010. The van der Waals surface area contributed by atoms with Crippen LogP contribution in [0, 0.1) is 12.7 Å². The van der Waals surface area contributed by atoms with E-state index in [9.17, 15) is 9.18 Å². The summed E-state index contributed by atoms with van der Waals surface area (Å²) < 4.78 is 16.1. The van der Waals surface area contributed by atoms with Gasteiger partial charge in [0.15, 0.2) is 0 Å². The molecule has 37 heavy (non-hydrogen) atoms. The van der Waals surface area contributed by atoms with E-state index < -0.39 is 0 Å². The van der Waals surface area contributed by atoms with E-state index in [1.807, 2.05) is 17.7 Å². The third kappa shape index (κ3) is 7.34. The number of nitrogens with zero attached hydrogens (tertiary/aromatic N) is 5. The maximum Gasteiger partial charge on any atom is 0.223 e. The normalized spacial score (nSPS) is 16.4. The second kappa shape index (κ2) is 13.4. The molecule has 0 bridgehead atoms. The van der Waals surface area contributed by atoms with Crippen LogP contribution in [0.25, 0.3) is 5.69 Å². The van der Waals surface area contributed by atoms with Gasteiger partial charge in [-0.3, -0.25) is 4.79 Å². The number of aromatic nitrogens is 2. The second-order valence-corrected chi connectivity index (χ2v) is 10.8. The van der Waals surface area contributed by atoms with Crippen LogP contribution in [0.4, 0.5) is 10.2 Å². The van der Waals surface area contributed by atoms with Gasteiger partial charge in [0.1, 0.15) is 11.6 Å². The van der Waals surface area contributed by atoms with Crippen LogP contribution in [0.3, 0.4) is 0 Å². The van der Waals surface area contributed by atoms with Crippen LogP contribution in [0.1, 0.15) is 89.3 Å². The molecule has 0 unspecified atom stereocenters. The summed E-state index contributed by atoms with van der Waals surface area (Å²) in [4.78, 5) is 20.3. The summed E-state index contributed by atoms with van der Waals surface area (Å²) in [6.45, 7) is 11.9. The van der Waals surface area contributed by atoms with Gasteiger partial charge in [-0.1, -0.05) is 58.4 Å². The maximum atomic E-state index is 14.2. The largest absolute Gasteiger partial charge is 0.354 e. The smallest absolute Gasteiger partial charge is 0.223 e. The first-order valence-corrected chi connectivity index (χ1v) is 14.6. The average molecular weight is 512 g/mol. The molecular formula is C30H46FN5O. The van der Waals surface area contributed by atoms with Crippen LogP contribution in [0.5, 0.6) is 0 Å². The lowest BCUT2D eigenvalue weighted by atomic mass is 10.1. The van der Waals surface area contributed by atoms with Gasteiger partial charge in [-0.15, -0.1) is 0 Å². The highest BCUT2D eigenvalue weighted by molar-refractivity contribution is 5.77. The number of carbonyl (C=O) groups excluding carboxylic acids is 1. The average Bonchev–Trinajstić information content (AvgIpc) is 3.69. The fourth-order valence-electron chi connectivity index (χ4n) is 5.48. The van der Waals surface area contributed by atoms with Crippen molar-refractivity contribution in [2.75, 3.05) is 37.6 Å². The Labute approximate surface area is 222 Å². The number of anilines is 1. The van der Waals surface area contributed by atoms with Gasteiger partial charge in [0.25, 0.3) is 0 Å². The molecule has 1 aromatic carbocycles. The van der Waals surface area contributed by atoms with Crippen molar-refractivity contribution < 1.29 is 9.18 Å². The van der Waals surface area contributed by atoms with Gasteiger partial charge < -0.3 is 14.7 Å². The Kier molecular flexibility index (Phi) is 10.0. The zero-order chi connectivity index (χ0) is 26.2. The number of halogens is 1. The number of likely N-dealkylation sites (N-methyl/N-ethyl adjacent to an activating group) is 1. The van der Waals surface area contributed by atoms with Gasteiger partial charge in [0.2, 0.25) is 5.91 Å². The van der Waals surface area contributed by atoms with Gasteiger partial charge in [-0.2, -0.15) is 5.10 Å². The van der Waals surface area contributed by atoms with Crippen molar-refractivity contribution in [3.63, 3.8) is 0 Å². The summed E-state index contributed by atoms with van der Waals surface area (Å²) in [5.74, 6) is 1.03. The van der Waals surface area contributed by atoms with E-state index >= 15 is 0 Å². The number of carbonyl (C=O) groups is 1. The lowest BCUT2D eigenvalue weighted by Gasteiger charge is -2.36. The van der Waals surface area contributed by atoms with E-state index in [0.29, 0.717) is 19.0 Å². The number of hydrogen-bond donors (Lipinski definition) is 0. The first-order chi connectivity index (χ1) is 18.0. The van der Waals surface area contributed by atoms with Crippen molar-refractivity contribution in [2.45, 2.75) is 97.6 Å². The molecule has 1 aliphatic carbocycles. The first-order valence-electron chi connectivity index (χ1n) is 14.6. The second-order valence-electron chi connectivity index (χ2n) is 10.8. The van der Waals surface area contributed by atoms with Crippen molar-refractivity contribution in [1.82, 2.24) is 19.6 Å². The SMILES string of the molecule is CCCCCCCCCC(=O)N(Cc1c(C)nn(-c2cccc(F)c2)c1N1CCN(CC)CC1)C1CC1. The van der Waals surface area contributed by atoms with Crippen molar-refractivity contribution in [3.8, 4) is 5.69 Å². The Hall–Kier alpha value is -2.41. The summed E-state index contributed by atoms with van der Waals surface area (Å²) in [5.41, 5.74) is 2.76. The minimum atomic E-state index is -0.265.